The number of nitrogens with zero attached hydrogens (tertiary/aromatic N) is 3. The van der Waals surface area contributed by atoms with Gasteiger partial charge in [-0.15, -0.1) is 0 Å². The van der Waals surface area contributed by atoms with Crippen molar-refractivity contribution in [1.29, 1.82) is 5.26 Å². The average Bonchev–Trinajstić information content (AvgIpc) is 3.03. The van der Waals surface area contributed by atoms with Gasteiger partial charge in [0.15, 0.2) is 6.61 Å². The predicted octanol–water partition coefficient (Wildman–Crippen LogP) is 3.64. The number of rotatable bonds is 6. The molecule has 0 bridgehead atoms. The minimum absolute atomic E-state index is 0.221. The monoisotopic (exact) mass is 367 g/mol. The summed E-state index contributed by atoms with van der Waals surface area (Å²) in [6, 6.07) is 12.5. The van der Waals surface area contributed by atoms with E-state index in [0.29, 0.717) is 18.5 Å². The Morgan fingerprint density at radius 2 is 2.04 bits per heavy atom. The molecule has 0 aliphatic heterocycles. The highest BCUT2D eigenvalue weighted by atomic mass is 35.5. The molecule has 1 aromatic carbocycles. The van der Waals surface area contributed by atoms with E-state index in [1.807, 2.05) is 28.8 Å². The molecule has 3 aromatic rings. The summed E-state index contributed by atoms with van der Waals surface area (Å²) >= 11 is 5.68. The summed E-state index contributed by atoms with van der Waals surface area (Å²) in [6.45, 7) is 0.105. The fourth-order valence-electron chi connectivity index (χ4n) is 2.61. The van der Waals surface area contributed by atoms with Crippen LogP contribution in [0.15, 0.2) is 48.8 Å². The number of hydrogen-bond donors (Lipinski definition) is 0. The van der Waals surface area contributed by atoms with Gasteiger partial charge >= 0.3 is 5.97 Å². The van der Waals surface area contributed by atoms with Crippen molar-refractivity contribution in [3.05, 3.63) is 65.1 Å². The molecule has 7 heteroatoms. The van der Waals surface area contributed by atoms with E-state index in [2.05, 4.69) is 11.1 Å². The van der Waals surface area contributed by atoms with E-state index in [1.165, 1.54) is 18.3 Å². The van der Waals surface area contributed by atoms with Gasteiger partial charge < -0.3 is 9.30 Å². The fraction of sp³-hybridized carbons (Fsp3) is 0.158. The van der Waals surface area contributed by atoms with Gasteiger partial charge in [0.05, 0.1) is 18.1 Å². The quantitative estimate of drug-likeness (QED) is 0.377. The highest BCUT2D eigenvalue weighted by Crippen LogP contribution is 2.22. The number of benzene rings is 1. The predicted molar refractivity (Wildman–Crippen MR) is 96.0 cm³/mol. The second-order valence-electron chi connectivity index (χ2n) is 5.53. The number of aryl methyl sites for hydroxylation is 1. The number of nitriles is 1. The van der Waals surface area contributed by atoms with Crippen molar-refractivity contribution in [2.75, 3.05) is 6.61 Å². The van der Waals surface area contributed by atoms with E-state index in [4.69, 9.17) is 21.6 Å². The average molecular weight is 368 g/mol. The van der Waals surface area contributed by atoms with Crippen molar-refractivity contribution in [2.45, 2.75) is 13.0 Å². The maximum Gasteiger partial charge on any atom is 0.340 e. The highest BCUT2D eigenvalue weighted by molar-refractivity contribution is 6.29. The molecule has 26 heavy (non-hydrogen) atoms. The molecule has 2 heterocycles. The van der Waals surface area contributed by atoms with Crippen LogP contribution in [0.4, 0.5) is 0 Å². The van der Waals surface area contributed by atoms with E-state index >= 15 is 0 Å². The maximum atomic E-state index is 12.5. The lowest BCUT2D eigenvalue weighted by atomic mass is 10.1. The molecule has 0 atom stereocenters. The van der Waals surface area contributed by atoms with Gasteiger partial charge in [-0.2, -0.15) is 5.26 Å². The molecule has 0 aliphatic carbocycles. The Balaban J connectivity index is 1.76. The number of ketones is 1. The topological polar surface area (TPSA) is 85.0 Å². The molecule has 0 spiro atoms. The summed E-state index contributed by atoms with van der Waals surface area (Å²) in [7, 11) is 0. The number of halogens is 1. The van der Waals surface area contributed by atoms with Gasteiger partial charge in [-0.25, -0.2) is 9.78 Å². The summed E-state index contributed by atoms with van der Waals surface area (Å²) in [5, 5.41) is 9.82. The first-order chi connectivity index (χ1) is 12.6. The van der Waals surface area contributed by atoms with E-state index in [1.54, 1.807) is 6.20 Å². The van der Waals surface area contributed by atoms with Gasteiger partial charge in [-0.05, 0) is 18.2 Å². The lowest BCUT2D eigenvalue weighted by molar-refractivity contribution is 0.0474. The van der Waals surface area contributed by atoms with Crippen LogP contribution in [-0.4, -0.2) is 27.9 Å². The second-order valence-corrected chi connectivity index (χ2v) is 5.92. The first-order valence-corrected chi connectivity index (χ1v) is 8.24. The van der Waals surface area contributed by atoms with Crippen molar-refractivity contribution in [2.24, 2.45) is 0 Å². The van der Waals surface area contributed by atoms with Crippen molar-refractivity contribution in [1.82, 2.24) is 9.55 Å². The van der Waals surface area contributed by atoms with Crippen molar-refractivity contribution in [3.63, 3.8) is 0 Å². The van der Waals surface area contributed by atoms with Crippen LogP contribution in [0.3, 0.4) is 0 Å². The SMILES string of the molecule is N#CCCn1cc(C(=O)COC(=O)c2ccc(Cl)nc2)c2ccccc21. The third kappa shape index (κ3) is 3.73. The van der Waals surface area contributed by atoms with Crippen LogP contribution in [0.2, 0.25) is 5.15 Å². The number of carbonyl (C=O) groups excluding carboxylic acids is 2. The van der Waals surface area contributed by atoms with Crippen LogP contribution in [0, 0.1) is 11.3 Å². The third-order valence-corrected chi connectivity index (χ3v) is 4.07. The first-order valence-electron chi connectivity index (χ1n) is 7.87. The molecule has 0 amide bonds. The Kier molecular flexibility index (Phi) is 5.30. The molecule has 0 fully saturated rings. The smallest absolute Gasteiger partial charge is 0.340 e. The van der Waals surface area contributed by atoms with E-state index in [0.717, 1.165) is 10.9 Å². The summed E-state index contributed by atoms with van der Waals surface area (Å²) in [5.41, 5.74) is 1.54. The van der Waals surface area contributed by atoms with Crippen LogP contribution < -0.4 is 0 Å². The molecular formula is C19H14ClN3O3. The molecule has 0 unspecified atom stereocenters. The largest absolute Gasteiger partial charge is 0.454 e. The molecular weight excluding hydrogens is 354 g/mol. The lowest BCUT2D eigenvalue weighted by Crippen LogP contribution is -2.14. The van der Waals surface area contributed by atoms with E-state index in [9.17, 15) is 9.59 Å². The van der Waals surface area contributed by atoms with E-state index in [-0.39, 0.29) is 23.1 Å². The van der Waals surface area contributed by atoms with Crippen LogP contribution in [0.5, 0.6) is 0 Å². The van der Waals surface area contributed by atoms with Crippen LogP contribution in [0.25, 0.3) is 10.9 Å². The minimum atomic E-state index is -0.643. The Morgan fingerprint density at radius 3 is 2.77 bits per heavy atom. The first kappa shape index (κ1) is 17.6. The summed E-state index contributed by atoms with van der Waals surface area (Å²) in [5.74, 6) is -0.956. The van der Waals surface area contributed by atoms with Gasteiger partial charge in [0.2, 0.25) is 5.78 Å². The van der Waals surface area contributed by atoms with Gasteiger partial charge in [0.1, 0.15) is 5.15 Å². The maximum absolute atomic E-state index is 12.5. The molecule has 0 radical (unpaired) electrons. The number of hydrogen-bond acceptors (Lipinski definition) is 5. The van der Waals surface area contributed by atoms with Crippen LogP contribution in [0.1, 0.15) is 27.1 Å². The molecule has 2 aromatic heterocycles. The molecule has 3 rings (SSSR count). The third-order valence-electron chi connectivity index (χ3n) is 3.85. The number of ether oxygens (including phenoxy) is 1. The lowest BCUT2D eigenvalue weighted by Gasteiger charge is -2.03. The zero-order valence-electron chi connectivity index (χ0n) is 13.7. The number of para-hydroxylation sites is 1. The highest BCUT2D eigenvalue weighted by Gasteiger charge is 2.17. The fourth-order valence-corrected chi connectivity index (χ4v) is 2.72. The van der Waals surface area contributed by atoms with Gasteiger partial charge in [0.25, 0.3) is 0 Å². The number of fused-ring (bicyclic) bond motifs is 1. The Bertz CT molecular complexity index is 1000. The van der Waals surface area contributed by atoms with E-state index < -0.39 is 5.97 Å². The Hall–Kier alpha value is -3.17. The molecule has 0 aliphatic rings. The normalized spacial score (nSPS) is 10.5. The number of aromatic nitrogens is 2. The number of pyridine rings is 1. The standard InChI is InChI=1S/C19H14ClN3O3/c20-18-7-6-13(10-22-18)19(25)26-12-17(24)15-11-23(9-3-8-21)16-5-2-1-4-14(15)16/h1-2,4-7,10-11H,3,9,12H2. The van der Waals surface area contributed by atoms with Crippen molar-refractivity contribution in [3.8, 4) is 6.07 Å². The zero-order chi connectivity index (χ0) is 18.5. The molecule has 0 N–H and O–H groups in total. The Morgan fingerprint density at radius 1 is 1.23 bits per heavy atom. The van der Waals surface area contributed by atoms with Crippen molar-refractivity contribution < 1.29 is 14.3 Å². The number of Topliss-reactive ketones (excluding diaryl/α,β-unsaturated/α-hetero) is 1. The second kappa shape index (κ2) is 7.81. The van der Waals surface area contributed by atoms with Gasteiger partial charge in [-0.3, -0.25) is 4.79 Å². The molecule has 6 nitrogen and oxygen atoms in total. The van der Waals surface area contributed by atoms with Gasteiger partial charge in [0, 0.05) is 35.4 Å². The summed E-state index contributed by atoms with van der Waals surface area (Å²) < 4.78 is 6.95. The number of carbonyl (C=O) groups is 2. The van der Waals surface area contributed by atoms with Crippen LogP contribution >= 0.6 is 11.6 Å². The Labute approximate surface area is 154 Å². The number of esters is 1. The summed E-state index contributed by atoms with van der Waals surface area (Å²) in [6.07, 6.45) is 3.33. The van der Waals surface area contributed by atoms with Gasteiger partial charge in [-0.1, -0.05) is 29.8 Å². The summed E-state index contributed by atoms with van der Waals surface area (Å²) in [4.78, 5) is 28.4. The molecule has 0 saturated carbocycles. The van der Waals surface area contributed by atoms with Crippen molar-refractivity contribution >= 4 is 34.3 Å². The molecule has 130 valence electrons. The zero-order valence-corrected chi connectivity index (χ0v) is 14.4. The minimum Gasteiger partial charge on any atom is -0.454 e. The molecule has 0 saturated heterocycles. The van der Waals surface area contributed by atoms with Crippen LogP contribution in [-0.2, 0) is 11.3 Å².